The van der Waals surface area contributed by atoms with E-state index in [-0.39, 0.29) is 29.6 Å². The molecule has 2 N–H and O–H groups in total. The maximum atomic E-state index is 12.4. The third-order valence-corrected chi connectivity index (χ3v) is 3.02. The second-order valence-corrected chi connectivity index (χ2v) is 6.66. The zero-order chi connectivity index (χ0) is 16.3. The molecule has 1 rings (SSSR count). The summed E-state index contributed by atoms with van der Waals surface area (Å²) in [4.78, 5) is 0. The predicted octanol–water partition coefficient (Wildman–Crippen LogP) is 4.49. The third kappa shape index (κ3) is 7.57. The fourth-order valence-electron chi connectivity index (χ4n) is 1.99. The quantitative estimate of drug-likeness (QED) is 0.803. The van der Waals surface area contributed by atoms with Gasteiger partial charge in [-0.05, 0) is 44.4 Å². The second kappa shape index (κ2) is 6.87. The van der Waals surface area contributed by atoms with Gasteiger partial charge in [-0.2, -0.15) is 0 Å². The van der Waals surface area contributed by atoms with Gasteiger partial charge in [0.1, 0.15) is 0 Å². The van der Waals surface area contributed by atoms with E-state index in [2.05, 4.69) is 20.7 Å². The number of benzene rings is 1. The van der Waals surface area contributed by atoms with Gasteiger partial charge in [0.25, 0.3) is 0 Å². The van der Waals surface area contributed by atoms with E-state index in [0.29, 0.717) is 10.9 Å². The van der Waals surface area contributed by atoms with Crippen molar-refractivity contribution in [1.29, 1.82) is 0 Å². The summed E-state index contributed by atoms with van der Waals surface area (Å²) >= 11 is 3.10. The van der Waals surface area contributed by atoms with Gasteiger partial charge in [-0.25, -0.2) is 0 Å². The summed E-state index contributed by atoms with van der Waals surface area (Å²) in [5, 5.41) is 0. The van der Waals surface area contributed by atoms with Crippen LogP contribution in [0, 0.1) is 5.92 Å². The maximum absolute atomic E-state index is 12.4. The lowest BCUT2D eigenvalue weighted by molar-refractivity contribution is -0.275. The Kier molecular flexibility index (Phi) is 5.92. The fourth-order valence-corrected chi connectivity index (χ4v) is 2.33. The Hall–Kier alpha value is -0.950. The molecule has 0 radical (unpaired) electrons. The number of hydrogen-bond donors (Lipinski definition) is 1. The lowest BCUT2D eigenvalue weighted by Gasteiger charge is -2.23. The van der Waals surface area contributed by atoms with Crippen LogP contribution in [0.1, 0.15) is 27.2 Å². The van der Waals surface area contributed by atoms with Crippen LogP contribution in [0.3, 0.4) is 0 Å². The standard InChI is InChI=1S/C14H19BrF3NO2/c1-9(7-13(2,3)19)8-20-11-5-4-10(15)6-12(11)21-14(16,17)18/h4-6,9H,7-8,19H2,1-3H3/t9-/m0/s1. The molecule has 0 unspecified atom stereocenters. The van der Waals surface area contributed by atoms with Crippen molar-refractivity contribution in [2.24, 2.45) is 11.7 Å². The van der Waals surface area contributed by atoms with Crippen molar-refractivity contribution < 1.29 is 22.6 Å². The highest BCUT2D eigenvalue weighted by molar-refractivity contribution is 9.10. The minimum atomic E-state index is -4.76. The van der Waals surface area contributed by atoms with E-state index >= 15 is 0 Å². The minimum Gasteiger partial charge on any atom is -0.489 e. The van der Waals surface area contributed by atoms with Gasteiger partial charge in [0.05, 0.1) is 6.61 Å². The highest BCUT2D eigenvalue weighted by Gasteiger charge is 2.32. The van der Waals surface area contributed by atoms with Crippen LogP contribution >= 0.6 is 15.9 Å². The van der Waals surface area contributed by atoms with E-state index in [0.717, 1.165) is 0 Å². The van der Waals surface area contributed by atoms with Crippen molar-refractivity contribution in [3.05, 3.63) is 22.7 Å². The molecule has 21 heavy (non-hydrogen) atoms. The Morgan fingerprint density at radius 1 is 1.24 bits per heavy atom. The van der Waals surface area contributed by atoms with Crippen LogP contribution in [0.25, 0.3) is 0 Å². The van der Waals surface area contributed by atoms with Crippen molar-refractivity contribution >= 4 is 15.9 Å². The number of alkyl halides is 3. The molecule has 0 aromatic heterocycles. The molecular formula is C14H19BrF3NO2. The van der Waals surface area contributed by atoms with Crippen molar-refractivity contribution in [2.75, 3.05) is 6.61 Å². The SMILES string of the molecule is C[C@H](COc1ccc(Br)cc1OC(F)(F)F)CC(C)(C)N. The molecule has 0 aliphatic heterocycles. The van der Waals surface area contributed by atoms with Crippen molar-refractivity contribution in [3.8, 4) is 11.5 Å². The molecule has 0 heterocycles. The van der Waals surface area contributed by atoms with Gasteiger partial charge in [0.15, 0.2) is 11.5 Å². The van der Waals surface area contributed by atoms with E-state index in [1.54, 1.807) is 6.07 Å². The summed E-state index contributed by atoms with van der Waals surface area (Å²) in [6.45, 7) is 5.97. The summed E-state index contributed by atoms with van der Waals surface area (Å²) in [6.07, 6.45) is -4.07. The third-order valence-electron chi connectivity index (χ3n) is 2.53. The predicted molar refractivity (Wildman–Crippen MR) is 78.4 cm³/mol. The second-order valence-electron chi connectivity index (χ2n) is 5.75. The molecule has 3 nitrogen and oxygen atoms in total. The minimum absolute atomic E-state index is 0.0530. The summed E-state index contributed by atoms with van der Waals surface area (Å²) in [5.74, 6) is -0.208. The molecule has 0 aliphatic rings. The Morgan fingerprint density at radius 2 is 1.86 bits per heavy atom. The summed E-state index contributed by atoms with van der Waals surface area (Å²) in [5.41, 5.74) is 5.55. The number of nitrogens with two attached hydrogens (primary N) is 1. The Bertz CT molecular complexity index is 472. The molecular weight excluding hydrogens is 351 g/mol. The first-order valence-electron chi connectivity index (χ1n) is 6.43. The highest BCUT2D eigenvalue weighted by Crippen LogP contribution is 2.35. The number of hydrogen-bond acceptors (Lipinski definition) is 3. The number of rotatable bonds is 6. The molecule has 7 heteroatoms. The molecule has 0 aliphatic carbocycles. The van der Waals surface area contributed by atoms with Crippen molar-refractivity contribution in [2.45, 2.75) is 39.1 Å². The lowest BCUT2D eigenvalue weighted by atomic mass is 9.93. The summed E-state index contributed by atoms with van der Waals surface area (Å²) in [7, 11) is 0. The van der Waals surface area contributed by atoms with Crippen LogP contribution in [0.4, 0.5) is 13.2 Å². The van der Waals surface area contributed by atoms with E-state index in [9.17, 15) is 13.2 Å². The molecule has 0 amide bonds. The first-order valence-corrected chi connectivity index (χ1v) is 7.22. The monoisotopic (exact) mass is 369 g/mol. The van der Waals surface area contributed by atoms with Gasteiger partial charge in [-0.3, -0.25) is 0 Å². The maximum Gasteiger partial charge on any atom is 0.573 e. The average molecular weight is 370 g/mol. The average Bonchev–Trinajstić information content (AvgIpc) is 2.23. The molecule has 1 atom stereocenters. The number of ether oxygens (including phenoxy) is 2. The van der Waals surface area contributed by atoms with Crippen molar-refractivity contribution in [3.63, 3.8) is 0 Å². The molecule has 0 bridgehead atoms. The first-order chi connectivity index (χ1) is 9.46. The van der Waals surface area contributed by atoms with Gasteiger partial charge in [0, 0.05) is 10.0 Å². The zero-order valence-corrected chi connectivity index (χ0v) is 13.7. The molecule has 120 valence electrons. The van der Waals surface area contributed by atoms with Crippen LogP contribution in [0.15, 0.2) is 22.7 Å². The van der Waals surface area contributed by atoms with Gasteiger partial charge < -0.3 is 15.2 Å². The normalized spacial score (nSPS) is 13.9. The zero-order valence-electron chi connectivity index (χ0n) is 12.1. The Morgan fingerprint density at radius 3 is 2.38 bits per heavy atom. The van der Waals surface area contributed by atoms with Gasteiger partial charge in [-0.15, -0.1) is 13.2 Å². The van der Waals surface area contributed by atoms with Crippen molar-refractivity contribution in [1.82, 2.24) is 0 Å². The largest absolute Gasteiger partial charge is 0.573 e. The van der Waals surface area contributed by atoms with E-state index in [1.807, 2.05) is 20.8 Å². The molecule has 0 saturated heterocycles. The number of halogens is 4. The molecule has 0 saturated carbocycles. The Labute approximate surface area is 130 Å². The molecule has 1 aromatic carbocycles. The smallest absolute Gasteiger partial charge is 0.489 e. The van der Waals surface area contributed by atoms with E-state index < -0.39 is 6.36 Å². The summed E-state index contributed by atoms with van der Waals surface area (Å²) < 4.78 is 47.0. The molecule has 0 spiro atoms. The van der Waals surface area contributed by atoms with E-state index in [4.69, 9.17) is 10.5 Å². The van der Waals surface area contributed by atoms with Crippen LogP contribution in [-0.4, -0.2) is 18.5 Å². The Balaban J connectivity index is 2.74. The van der Waals surface area contributed by atoms with Gasteiger partial charge >= 0.3 is 6.36 Å². The fraction of sp³-hybridized carbons (Fsp3) is 0.571. The topological polar surface area (TPSA) is 44.5 Å². The van der Waals surface area contributed by atoms with Gasteiger partial charge in [-0.1, -0.05) is 22.9 Å². The molecule has 1 aromatic rings. The van der Waals surface area contributed by atoms with Gasteiger partial charge in [0.2, 0.25) is 0 Å². The van der Waals surface area contributed by atoms with Crippen LogP contribution in [0.2, 0.25) is 0 Å². The van der Waals surface area contributed by atoms with Crippen LogP contribution < -0.4 is 15.2 Å². The first kappa shape index (κ1) is 18.1. The highest BCUT2D eigenvalue weighted by atomic mass is 79.9. The lowest BCUT2D eigenvalue weighted by Crippen LogP contribution is -2.35. The van der Waals surface area contributed by atoms with Crippen LogP contribution in [-0.2, 0) is 0 Å². The molecule has 0 fully saturated rings. The summed E-state index contributed by atoms with van der Waals surface area (Å²) in [6, 6.07) is 4.25. The van der Waals surface area contributed by atoms with Crippen LogP contribution in [0.5, 0.6) is 11.5 Å². The van der Waals surface area contributed by atoms with E-state index in [1.165, 1.54) is 12.1 Å².